The number of aromatic nitrogens is 2. The molecule has 3 rings (SSSR count). The predicted molar refractivity (Wildman–Crippen MR) is 97.1 cm³/mol. The molecule has 1 heterocycles. The van der Waals surface area contributed by atoms with Crippen LogP contribution in [0.1, 0.15) is 0 Å². The summed E-state index contributed by atoms with van der Waals surface area (Å²) in [6.07, 6.45) is 1.72. The van der Waals surface area contributed by atoms with Gasteiger partial charge in [0.2, 0.25) is 0 Å². The van der Waals surface area contributed by atoms with Gasteiger partial charge in [0.1, 0.15) is 18.1 Å². The third-order valence-corrected chi connectivity index (χ3v) is 3.94. The first-order valence-corrected chi connectivity index (χ1v) is 8.07. The lowest BCUT2D eigenvalue weighted by Crippen LogP contribution is -2.33. The second-order valence-electron chi connectivity index (χ2n) is 5.78. The third kappa shape index (κ3) is 4.16. The molecule has 0 aliphatic heterocycles. The van der Waals surface area contributed by atoms with Crippen LogP contribution in [0.15, 0.2) is 59.5 Å². The summed E-state index contributed by atoms with van der Waals surface area (Å²) >= 11 is 0. The molecule has 3 aromatic rings. The molecule has 0 aliphatic rings. The van der Waals surface area contributed by atoms with Gasteiger partial charge in [-0.25, -0.2) is 4.68 Å². The molecule has 0 atom stereocenters. The summed E-state index contributed by atoms with van der Waals surface area (Å²) in [4.78, 5) is 14.4. The van der Waals surface area contributed by atoms with Crippen LogP contribution in [0, 0.1) is 0 Å². The van der Waals surface area contributed by atoms with E-state index in [0.29, 0.717) is 25.2 Å². The van der Waals surface area contributed by atoms with Gasteiger partial charge in [-0.2, -0.15) is 5.10 Å². The molecule has 25 heavy (non-hydrogen) atoms. The number of benzene rings is 2. The zero-order valence-corrected chi connectivity index (χ0v) is 14.4. The lowest BCUT2D eigenvalue weighted by Gasteiger charge is -2.17. The summed E-state index contributed by atoms with van der Waals surface area (Å²) in [7, 11) is 3.56. The molecular weight excluding hydrogens is 318 g/mol. The lowest BCUT2D eigenvalue weighted by molar-refractivity contribution is 0.196. The molecule has 0 spiro atoms. The van der Waals surface area contributed by atoms with E-state index in [-0.39, 0.29) is 5.56 Å². The predicted octanol–water partition coefficient (Wildman–Crippen LogP) is 2.37. The molecular formula is C19H21N3O3. The van der Waals surface area contributed by atoms with Crippen LogP contribution in [0.4, 0.5) is 0 Å². The van der Waals surface area contributed by atoms with Crippen molar-refractivity contribution < 1.29 is 9.47 Å². The highest BCUT2D eigenvalue weighted by Crippen LogP contribution is 2.16. The second kappa shape index (κ2) is 7.81. The summed E-state index contributed by atoms with van der Waals surface area (Å²) in [6.45, 7) is 1.60. The molecule has 6 heteroatoms. The number of nitrogens with zero attached hydrogens (tertiary/aromatic N) is 3. The number of ether oxygens (including phenoxy) is 2. The van der Waals surface area contributed by atoms with Gasteiger partial charge in [0.15, 0.2) is 0 Å². The van der Waals surface area contributed by atoms with Crippen LogP contribution >= 0.6 is 0 Å². The first-order chi connectivity index (χ1) is 12.2. The molecule has 130 valence electrons. The molecule has 2 aromatic carbocycles. The quantitative estimate of drug-likeness (QED) is 0.661. The standard InChI is InChI=1S/C19H21N3O3/c1-21(11-12-25-17-9-7-16(24-2)8-10-17)14-22-19(23)18-6-4-3-5-15(18)13-20-22/h3-10,13H,11-12,14H2,1-2H3. The topological polar surface area (TPSA) is 56.6 Å². The van der Waals surface area contributed by atoms with E-state index in [1.807, 2.05) is 60.5 Å². The fourth-order valence-electron chi connectivity index (χ4n) is 2.52. The van der Waals surface area contributed by atoms with Gasteiger partial charge in [-0.15, -0.1) is 0 Å². The first-order valence-electron chi connectivity index (χ1n) is 8.07. The fraction of sp³-hybridized carbons (Fsp3) is 0.263. The highest BCUT2D eigenvalue weighted by atomic mass is 16.5. The Morgan fingerprint density at radius 2 is 1.80 bits per heavy atom. The van der Waals surface area contributed by atoms with Crippen molar-refractivity contribution in [3.63, 3.8) is 0 Å². The van der Waals surface area contributed by atoms with E-state index in [9.17, 15) is 4.79 Å². The Hall–Kier alpha value is -2.86. The zero-order chi connectivity index (χ0) is 17.6. The van der Waals surface area contributed by atoms with Crippen LogP contribution in [0.25, 0.3) is 10.8 Å². The van der Waals surface area contributed by atoms with E-state index in [2.05, 4.69) is 5.10 Å². The summed E-state index contributed by atoms with van der Waals surface area (Å²) in [6, 6.07) is 14.9. The van der Waals surface area contributed by atoms with Gasteiger partial charge in [-0.1, -0.05) is 18.2 Å². The minimum absolute atomic E-state index is 0.0824. The van der Waals surface area contributed by atoms with Crippen molar-refractivity contribution in [3.05, 3.63) is 65.1 Å². The molecule has 0 bridgehead atoms. The van der Waals surface area contributed by atoms with Crippen molar-refractivity contribution >= 4 is 10.8 Å². The van der Waals surface area contributed by atoms with E-state index in [1.54, 1.807) is 13.3 Å². The fourth-order valence-corrected chi connectivity index (χ4v) is 2.52. The van der Waals surface area contributed by atoms with Crippen LogP contribution in [0.2, 0.25) is 0 Å². The van der Waals surface area contributed by atoms with Gasteiger partial charge >= 0.3 is 0 Å². The summed E-state index contributed by atoms with van der Waals surface area (Å²) in [5, 5.41) is 5.78. The minimum Gasteiger partial charge on any atom is -0.497 e. The Morgan fingerprint density at radius 3 is 2.56 bits per heavy atom. The number of hydrogen-bond donors (Lipinski definition) is 0. The largest absolute Gasteiger partial charge is 0.497 e. The molecule has 0 unspecified atom stereocenters. The number of fused-ring (bicyclic) bond motifs is 1. The van der Waals surface area contributed by atoms with Crippen LogP contribution < -0.4 is 15.0 Å². The van der Waals surface area contributed by atoms with Gasteiger partial charge in [0.05, 0.1) is 25.4 Å². The average molecular weight is 339 g/mol. The van der Waals surface area contributed by atoms with E-state index in [0.717, 1.165) is 16.9 Å². The van der Waals surface area contributed by atoms with Crippen molar-refractivity contribution in [3.8, 4) is 11.5 Å². The Bertz CT molecular complexity index is 890. The monoisotopic (exact) mass is 339 g/mol. The van der Waals surface area contributed by atoms with Gasteiger partial charge in [0.25, 0.3) is 5.56 Å². The number of hydrogen-bond acceptors (Lipinski definition) is 5. The molecule has 0 N–H and O–H groups in total. The number of methoxy groups -OCH3 is 1. The van der Waals surface area contributed by atoms with Crippen molar-refractivity contribution in [1.29, 1.82) is 0 Å². The Kier molecular flexibility index (Phi) is 5.30. The van der Waals surface area contributed by atoms with Crippen molar-refractivity contribution in [2.24, 2.45) is 0 Å². The molecule has 0 radical (unpaired) electrons. The van der Waals surface area contributed by atoms with E-state index >= 15 is 0 Å². The Balaban J connectivity index is 1.56. The maximum absolute atomic E-state index is 12.5. The number of likely N-dealkylation sites (N-methyl/N-ethyl adjacent to an activating group) is 1. The summed E-state index contributed by atoms with van der Waals surface area (Å²) in [5.74, 6) is 1.58. The molecule has 0 aliphatic carbocycles. The molecule has 0 fully saturated rings. The van der Waals surface area contributed by atoms with Gasteiger partial charge in [0, 0.05) is 11.9 Å². The van der Waals surface area contributed by atoms with Crippen LogP contribution in [-0.4, -0.2) is 42.0 Å². The lowest BCUT2D eigenvalue weighted by atomic mass is 10.2. The maximum Gasteiger partial charge on any atom is 0.275 e. The Labute approximate surface area is 146 Å². The van der Waals surface area contributed by atoms with Crippen molar-refractivity contribution in [2.45, 2.75) is 6.67 Å². The Morgan fingerprint density at radius 1 is 1.08 bits per heavy atom. The first kappa shape index (κ1) is 17.0. The van der Waals surface area contributed by atoms with Crippen molar-refractivity contribution in [2.75, 3.05) is 27.3 Å². The second-order valence-corrected chi connectivity index (χ2v) is 5.78. The van der Waals surface area contributed by atoms with Crippen LogP contribution in [0.3, 0.4) is 0 Å². The molecule has 1 aromatic heterocycles. The zero-order valence-electron chi connectivity index (χ0n) is 14.4. The highest BCUT2D eigenvalue weighted by molar-refractivity contribution is 5.80. The third-order valence-electron chi connectivity index (χ3n) is 3.94. The van der Waals surface area contributed by atoms with Crippen LogP contribution in [-0.2, 0) is 6.67 Å². The van der Waals surface area contributed by atoms with E-state index in [1.165, 1.54) is 4.68 Å². The molecule has 0 saturated carbocycles. The van der Waals surface area contributed by atoms with Gasteiger partial charge < -0.3 is 9.47 Å². The maximum atomic E-state index is 12.5. The molecule has 6 nitrogen and oxygen atoms in total. The summed E-state index contributed by atoms with van der Waals surface area (Å²) < 4.78 is 12.3. The van der Waals surface area contributed by atoms with E-state index < -0.39 is 0 Å². The van der Waals surface area contributed by atoms with Gasteiger partial charge in [-0.05, 0) is 37.4 Å². The number of rotatable bonds is 7. The molecule has 0 saturated heterocycles. The highest BCUT2D eigenvalue weighted by Gasteiger charge is 2.06. The molecule has 0 amide bonds. The normalized spacial score (nSPS) is 11.0. The minimum atomic E-state index is -0.0824. The summed E-state index contributed by atoms with van der Waals surface area (Å²) in [5.41, 5.74) is -0.0824. The van der Waals surface area contributed by atoms with Crippen molar-refractivity contribution in [1.82, 2.24) is 14.7 Å². The smallest absolute Gasteiger partial charge is 0.275 e. The van der Waals surface area contributed by atoms with E-state index in [4.69, 9.17) is 9.47 Å². The van der Waals surface area contributed by atoms with Crippen LogP contribution in [0.5, 0.6) is 11.5 Å². The SMILES string of the molecule is COc1ccc(OCCN(C)Cn2ncc3ccccc3c2=O)cc1. The van der Waals surface area contributed by atoms with Gasteiger partial charge in [-0.3, -0.25) is 9.69 Å². The average Bonchev–Trinajstić information content (AvgIpc) is 2.65.